The summed E-state index contributed by atoms with van der Waals surface area (Å²) in [5.74, 6) is 1.81. The van der Waals surface area contributed by atoms with E-state index in [4.69, 9.17) is 0 Å². The Morgan fingerprint density at radius 1 is 1.33 bits per heavy atom. The predicted molar refractivity (Wildman–Crippen MR) is 48.0 cm³/mol. The van der Waals surface area contributed by atoms with Crippen molar-refractivity contribution in [2.45, 2.75) is 25.7 Å². The molecule has 0 N–H and O–H groups in total. The Kier molecular flexibility index (Phi) is 2.18. The fraction of sp³-hybridized carbons (Fsp3) is 0.900. The molecular formula is C10H17NO. The van der Waals surface area contributed by atoms with Crippen LogP contribution in [0.25, 0.3) is 0 Å². The fourth-order valence-electron chi connectivity index (χ4n) is 1.61. The maximum atomic E-state index is 11.4. The van der Waals surface area contributed by atoms with Crippen molar-refractivity contribution < 1.29 is 4.79 Å². The SMILES string of the molecule is CN(CC(=O)C1CC1)CC1CC1. The number of hydrogen-bond donors (Lipinski definition) is 0. The minimum atomic E-state index is 0.437. The number of ketones is 1. The molecule has 2 aliphatic rings. The molecule has 2 nitrogen and oxygen atoms in total. The van der Waals surface area contributed by atoms with Gasteiger partial charge in [-0.1, -0.05) is 0 Å². The van der Waals surface area contributed by atoms with Gasteiger partial charge in [0.05, 0.1) is 6.54 Å². The quantitative estimate of drug-likeness (QED) is 0.615. The number of nitrogens with zero attached hydrogens (tertiary/aromatic N) is 1. The van der Waals surface area contributed by atoms with Crippen LogP contribution in [0.1, 0.15) is 25.7 Å². The summed E-state index contributed by atoms with van der Waals surface area (Å²) >= 11 is 0. The Hall–Kier alpha value is -0.370. The average molecular weight is 167 g/mol. The molecule has 0 saturated heterocycles. The summed E-state index contributed by atoms with van der Waals surface area (Å²) in [6.07, 6.45) is 5.05. The Bertz CT molecular complexity index is 182. The van der Waals surface area contributed by atoms with Gasteiger partial charge in [0.15, 0.2) is 0 Å². The number of rotatable bonds is 5. The molecule has 68 valence electrons. The smallest absolute Gasteiger partial charge is 0.149 e. The maximum absolute atomic E-state index is 11.4. The van der Waals surface area contributed by atoms with E-state index in [1.807, 2.05) is 0 Å². The highest BCUT2D eigenvalue weighted by Gasteiger charge is 2.31. The third-order valence-corrected chi connectivity index (χ3v) is 2.73. The average Bonchev–Trinajstić information content (AvgIpc) is 2.83. The van der Waals surface area contributed by atoms with Crippen LogP contribution in [0.3, 0.4) is 0 Å². The van der Waals surface area contributed by atoms with Crippen LogP contribution in [0.15, 0.2) is 0 Å². The van der Waals surface area contributed by atoms with Crippen LogP contribution in [0.5, 0.6) is 0 Å². The predicted octanol–water partition coefficient (Wildman–Crippen LogP) is 1.31. The minimum Gasteiger partial charge on any atom is -0.299 e. The molecule has 0 bridgehead atoms. The van der Waals surface area contributed by atoms with Gasteiger partial charge in [-0.15, -0.1) is 0 Å². The number of likely N-dealkylation sites (N-methyl/N-ethyl adjacent to an activating group) is 1. The van der Waals surface area contributed by atoms with Gasteiger partial charge in [-0.3, -0.25) is 9.69 Å². The molecule has 0 aromatic rings. The van der Waals surface area contributed by atoms with E-state index in [9.17, 15) is 4.79 Å². The van der Waals surface area contributed by atoms with Gasteiger partial charge >= 0.3 is 0 Å². The van der Waals surface area contributed by atoms with Crippen LogP contribution in [-0.4, -0.2) is 30.8 Å². The molecule has 2 saturated carbocycles. The highest BCUT2D eigenvalue weighted by atomic mass is 16.1. The van der Waals surface area contributed by atoms with Gasteiger partial charge in [0.2, 0.25) is 0 Å². The molecule has 0 heterocycles. The van der Waals surface area contributed by atoms with Crippen LogP contribution >= 0.6 is 0 Å². The zero-order valence-corrected chi connectivity index (χ0v) is 7.75. The number of carbonyl (C=O) groups excluding carboxylic acids is 1. The summed E-state index contributed by atoms with van der Waals surface area (Å²) < 4.78 is 0. The molecule has 2 aliphatic carbocycles. The zero-order valence-electron chi connectivity index (χ0n) is 7.75. The molecule has 2 fully saturated rings. The summed E-state index contributed by atoms with van der Waals surface area (Å²) in [6.45, 7) is 1.83. The van der Waals surface area contributed by atoms with Crippen LogP contribution in [0, 0.1) is 11.8 Å². The van der Waals surface area contributed by atoms with Gasteiger partial charge in [-0.25, -0.2) is 0 Å². The summed E-state index contributed by atoms with van der Waals surface area (Å²) in [4.78, 5) is 13.6. The molecule has 0 atom stereocenters. The van der Waals surface area contributed by atoms with E-state index >= 15 is 0 Å². The highest BCUT2D eigenvalue weighted by Crippen LogP contribution is 2.31. The number of Topliss-reactive ketones (excluding diaryl/α,β-unsaturated/α-hetero) is 1. The van der Waals surface area contributed by atoms with Crippen LogP contribution in [0.4, 0.5) is 0 Å². The summed E-state index contributed by atoms with van der Waals surface area (Å²) in [6, 6.07) is 0. The second-order valence-corrected chi connectivity index (χ2v) is 4.38. The highest BCUT2D eigenvalue weighted by molar-refractivity contribution is 5.84. The molecule has 0 aromatic heterocycles. The number of carbonyl (C=O) groups is 1. The van der Waals surface area contributed by atoms with Gasteiger partial charge in [-0.05, 0) is 38.6 Å². The number of hydrogen-bond acceptors (Lipinski definition) is 2. The van der Waals surface area contributed by atoms with E-state index in [1.165, 1.54) is 12.8 Å². The lowest BCUT2D eigenvalue weighted by Crippen LogP contribution is -2.28. The monoisotopic (exact) mass is 167 g/mol. The van der Waals surface area contributed by atoms with Crippen molar-refractivity contribution in [1.29, 1.82) is 0 Å². The Balaban J connectivity index is 1.65. The second kappa shape index (κ2) is 3.17. The molecule has 0 aliphatic heterocycles. The lowest BCUT2D eigenvalue weighted by molar-refractivity contribution is -0.121. The van der Waals surface area contributed by atoms with Gasteiger partial charge in [0, 0.05) is 12.5 Å². The van der Waals surface area contributed by atoms with E-state index in [0.717, 1.165) is 25.3 Å². The second-order valence-electron chi connectivity index (χ2n) is 4.38. The van der Waals surface area contributed by atoms with Crippen molar-refractivity contribution in [3.8, 4) is 0 Å². The first-order chi connectivity index (χ1) is 5.75. The maximum Gasteiger partial charge on any atom is 0.149 e. The van der Waals surface area contributed by atoms with E-state index in [2.05, 4.69) is 11.9 Å². The van der Waals surface area contributed by atoms with Crippen LogP contribution in [-0.2, 0) is 4.79 Å². The van der Waals surface area contributed by atoms with Crippen molar-refractivity contribution in [1.82, 2.24) is 4.90 Å². The van der Waals surface area contributed by atoms with Gasteiger partial charge in [0.25, 0.3) is 0 Å². The van der Waals surface area contributed by atoms with E-state index in [0.29, 0.717) is 18.2 Å². The Morgan fingerprint density at radius 3 is 2.50 bits per heavy atom. The summed E-state index contributed by atoms with van der Waals surface area (Å²) in [7, 11) is 2.07. The molecule has 12 heavy (non-hydrogen) atoms. The van der Waals surface area contributed by atoms with Crippen LogP contribution < -0.4 is 0 Å². The first kappa shape index (κ1) is 8.24. The summed E-state index contributed by atoms with van der Waals surface area (Å²) in [5, 5.41) is 0. The molecular weight excluding hydrogens is 150 g/mol. The van der Waals surface area contributed by atoms with Crippen LogP contribution in [0.2, 0.25) is 0 Å². The normalized spacial score (nSPS) is 23.2. The summed E-state index contributed by atoms with van der Waals surface area (Å²) in [5.41, 5.74) is 0. The third kappa shape index (κ3) is 2.31. The van der Waals surface area contributed by atoms with Crippen molar-refractivity contribution in [3.05, 3.63) is 0 Å². The lowest BCUT2D eigenvalue weighted by atomic mass is 10.2. The molecule has 2 heteroatoms. The first-order valence-corrected chi connectivity index (χ1v) is 4.97. The van der Waals surface area contributed by atoms with Gasteiger partial charge in [-0.2, -0.15) is 0 Å². The van der Waals surface area contributed by atoms with Crippen molar-refractivity contribution in [2.75, 3.05) is 20.1 Å². The lowest BCUT2D eigenvalue weighted by Gasteiger charge is -2.14. The van der Waals surface area contributed by atoms with Crippen molar-refractivity contribution in [3.63, 3.8) is 0 Å². The van der Waals surface area contributed by atoms with E-state index in [-0.39, 0.29) is 0 Å². The molecule has 0 radical (unpaired) electrons. The zero-order chi connectivity index (χ0) is 8.55. The van der Waals surface area contributed by atoms with E-state index < -0.39 is 0 Å². The van der Waals surface area contributed by atoms with E-state index in [1.54, 1.807) is 0 Å². The molecule has 0 unspecified atom stereocenters. The third-order valence-electron chi connectivity index (χ3n) is 2.73. The van der Waals surface area contributed by atoms with Gasteiger partial charge < -0.3 is 0 Å². The molecule has 0 spiro atoms. The molecule has 2 rings (SSSR count). The largest absolute Gasteiger partial charge is 0.299 e. The molecule has 0 aromatic carbocycles. The van der Waals surface area contributed by atoms with Gasteiger partial charge in [0.1, 0.15) is 5.78 Å². The Labute approximate surface area is 73.9 Å². The van der Waals surface area contributed by atoms with Crippen molar-refractivity contribution >= 4 is 5.78 Å². The minimum absolute atomic E-state index is 0.437. The van der Waals surface area contributed by atoms with Crippen molar-refractivity contribution in [2.24, 2.45) is 11.8 Å². The first-order valence-electron chi connectivity index (χ1n) is 4.97. The topological polar surface area (TPSA) is 20.3 Å². The fourth-order valence-corrected chi connectivity index (χ4v) is 1.61. The Morgan fingerprint density at radius 2 is 2.00 bits per heavy atom. The standard InChI is InChI=1S/C10H17NO/c1-11(6-8-2-3-8)7-10(12)9-4-5-9/h8-9H,2-7H2,1H3. The molecule has 0 amide bonds.